The molecule has 3 aromatic rings. The minimum absolute atomic E-state index is 0.00655. The Balaban J connectivity index is 1.74. The zero-order valence-electron chi connectivity index (χ0n) is 14.5. The molecule has 9 heteroatoms. The van der Waals surface area contributed by atoms with Gasteiger partial charge in [0.25, 0.3) is 0 Å². The molecule has 0 aliphatic carbocycles. The molecule has 0 saturated carbocycles. The summed E-state index contributed by atoms with van der Waals surface area (Å²) in [7, 11) is 0. The van der Waals surface area contributed by atoms with E-state index in [1.165, 1.54) is 6.20 Å². The SMILES string of the molecule is FC(F)(F)Cc1cnc(N[C@H]2CCCNC2)nc1-c1n[nH]c2ccccc12. The van der Waals surface area contributed by atoms with Crippen molar-refractivity contribution in [3.8, 4) is 11.4 Å². The Morgan fingerprint density at radius 2 is 2.04 bits per heavy atom. The van der Waals surface area contributed by atoms with Crippen LogP contribution in [0.2, 0.25) is 0 Å². The number of piperidine rings is 1. The number of aromatic amines is 1. The predicted molar refractivity (Wildman–Crippen MR) is 96.4 cm³/mol. The van der Waals surface area contributed by atoms with Crippen LogP contribution in [0.4, 0.5) is 19.1 Å². The van der Waals surface area contributed by atoms with Crippen LogP contribution in [-0.2, 0) is 6.42 Å². The highest BCUT2D eigenvalue weighted by Gasteiger charge is 2.31. The number of benzene rings is 1. The molecule has 6 nitrogen and oxygen atoms in total. The molecule has 1 aliphatic heterocycles. The lowest BCUT2D eigenvalue weighted by molar-refractivity contribution is -0.127. The van der Waals surface area contributed by atoms with E-state index in [4.69, 9.17) is 0 Å². The van der Waals surface area contributed by atoms with Crippen molar-refractivity contribution in [3.63, 3.8) is 0 Å². The first-order valence-electron chi connectivity index (χ1n) is 8.83. The van der Waals surface area contributed by atoms with Gasteiger partial charge in [-0.1, -0.05) is 18.2 Å². The monoisotopic (exact) mass is 376 g/mol. The summed E-state index contributed by atoms with van der Waals surface area (Å²) in [5.41, 5.74) is 1.35. The summed E-state index contributed by atoms with van der Waals surface area (Å²) < 4.78 is 39.1. The van der Waals surface area contributed by atoms with Crippen molar-refractivity contribution in [2.24, 2.45) is 0 Å². The van der Waals surface area contributed by atoms with Gasteiger partial charge < -0.3 is 10.6 Å². The third-order valence-corrected chi connectivity index (χ3v) is 4.58. The number of fused-ring (bicyclic) bond motifs is 1. The fourth-order valence-electron chi connectivity index (χ4n) is 3.33. The van der Waals surface area contributed by atoms with Gasteiger partial charge in [-0.2, -0.15) is 18.3 Å². The first-order valence-corrected chi connectivity index (χ1v) is 8.83. The number of anilines is 1. The Bertz CT molecular complexity index is 930. The fourth-order valence-corrected chi connectivity index (χ4v) is 3.33. The Labute approximate surface area is 153 Å². The minimum atomic E-state index is -4.35. The Morgan fingerprint density at radius 3 is 2.81 bits per heavy atom. The predicted octanol–water partition coefficient (Wildman–Crippen LogP) is 3.29. The highest BCUT2D eigenvalue weighted by Crippen LogP contribution is 2.31. The second kappa shape index (κ2) is 7.15. The van der Waals surface area contributed by atoms with Gasteiger partial charge in [-0.3, -0.25) is 5.10 Å². The van der Waals surface area contributed by atoms with Crippen LogP contribution in [0, 0.1) is 0 Å². The molecule has 1 aliphatic rings. The van der Waals surface area contributed by atoms with Gasteiger partial charge in [0.05, 0.1) is 11.9 Å². The van der Waals surface area contributed by atoms with Gasteiger partial charge in [-0.15, -0.1) is 0 Å². The van der Waals surface area contributed by atoms with Gasteiger partial charge in [0.1, 0.15) is 11.4 Å². The molecule has 1 saturated heterocycles. The zero-order chi connectivity index (χ0) is 18.9. The maximum absolute atomic E-state index is 13.0. The minimum Gasteiger partial charge on any atom is -0.350 e. The van der Waals surface area contributed by atoms with E-state index in [0.717, 1.165) is 36.8 Å². The number of H-pyrrole nitrogens is 1. The first-order chi connectivity index (χ1) is 13.0. The molecule has 4 rings (SSSR count). The lowest BCUT2D eigenvalue weighted by Gasteiger charge is -2.24. The van der Waals surface area contributed by atoms with Crippen molar-refractivity contribution < 1.29 is 13.2 Å². The summed E-state index contributed by atoms with van der Waals surface area (Å²) >= 11 is 0. The van der Waals surface area contributed by atoms with Crippen molar-refractivity contribution in [2.45, 2.75) is 31.5 Å². The molecule has 3 heterocycles. The molecule has 0 radical (unpaired) electrons. The number of hydrogen-bond acceptors (Lipinski definition) is 5. The highest BCUT2D eigenvalue weighted by atomic mass is 19.4. The summed E-state index contributed by atoms with van der Waals surface area (Å²) in [4.78, 5) is 8.53. The van der Waals surface area contributed by atoms with E-state index in [9.17, 15) is 13.2 Å². The van der Waals surface area contributed by atoms with Crippen LogP contribution >= 0.6 is 0 Å². The number of nitrogens with one attached hydrogen (secondary N) is 3. The average Bonchev–Trinajstić information content (AvgIpc) is 3.07. The summed E-state index contributed by atoms with van der Waals surface area (Å²) in [5, 5.41) is 14.3. The first kappa shape index (κ1) is 17.7. The van der Waals surface area contributed by atoms with Gasteiger partial charge in [0.15, 0.2) is 0 Å². The van der Waals surface area contributed by atoms with Crippen LogP contribution in [0.3, 0.4) is 0 Å². The van der Waals surface area contributed by atoms with Crippen molar-refractivity contribution in [3.05, 3.63) is 36.0 Å². The normalized spacial score (nSPS) is 18.0. The largest absolute Gasteiger partial charge is 0.393 e. The smallest absolute Gasteiger partial charge is 0.350 e. The maximum atomic E-state index is 13.0. The molecule has 27 heavy (non-hydrogen) atoms. The zero-order valence-corrected chi connectivity index (χ0v) is 14.5. The number of aromatic nitrogens is 4. The van der Waals surface area contributed by atoms with Crippen LogP contribution in [0.25, 0.3) is 22.3 Å². The van der Waals surface area contributed by atoms with E-state index < -0.39 is 12.6 Å². The van der Waals surface area contributed by atoms with Crippen LogP contribution in [0.1, 0.15) is 18.4 Å². The molecule has 3 N–H and O–H groups in total. The topological polar surface area (TPSA) is 78.5 Å². The second-order valence-corrected chi connectivity index (χ2v) is 6.66. The molecule has 142 valence electrons. The van der Waals surface area contributed by atoms with Crippen LogP contribution in [-0.4, -0.2) is 45.5 Å². The number of hydrogen-bond donors (Lipinski definition) is 3. The van der Waals surface area contributed by atoms with Crippen molar-refractivity contribution in [1.82, 2.24) is 25.5 Å². The van der Waals surface area contributed by atoms with Crippen molar-refractivity contribution in [2.75, 3.05) is 18.4 Å². The molecular weight excluding hydrogens is 357 g/mol. The third kappa shape index (κ3) is 4.02. The van der Waals surface area contributed by atoms with Gasteiger partial charge in [0, 0.05) is 29.7 Å². The molecular formula is C18H19F3N6. The molecule has 1 fully saturated rings. The summed E-state index contributed by atoms with van der Waals surface area (Å²) in [6, 6.07) is 7.44. The maximum Gasteiger partial charge on any atom is 0.393 e. The van der Waals surface area contributed by atoms with Crippen molar-refractivity contribution in [1.29, 1.82) is 0 Å². The van der Waals surface area contributed by atoms with E-state index in [1.54, 1.807) is 0 Å². The molecule has 0 amide bonds. The molecule has 1 atom stereocenters. The summed E-state index contributed by atoms with van der Waals surface area (Å²) in [5.74, 6) is 0.316. The van der Waals surface area contributed by atoms with Gasteiger partial charge in [0.2, 0.25) is 5.95 Å². The van der Waals surface area contributed by atoms with E-state index >= 15 is 0 Å². The number of halogens is 3. The number of para-hydroxylation sites is 1. The summed E-state index contributed by atoms with van der Waals surface area (Å²) in [6.07, 6.45) is -2.22. The number of alkyl halides is 3. The Kier molecular flexibility index (Phi) is 4.69. The quantitative estimate of drug-likeness (QED) is 0.651. The molecule has 1 aromatic carbocycles. The van der Waals surface area contributed by atoms with E-state index in [0.29, 0.717) is 11.6 Å². The Hall–Kier alpha value is -2.68. The van der Waals surface area contributed by atoms with Crippen molar-refractivity contribution >= 4 is 16.9 Å². The highest BCUT2D eigenvalue weighted by molar-refractivity contribution is 5.92. The van der Waals surface area contributed by atoms with Gasteiger partial charge >= 0.3 is 6.18 Å². The van der Waals surface area contributed by atoms with Gasteiger partial charge in [-0.25, -0.2) is 9.97 Å². The van der Waals surface area contributed by atoms with E-state index in [1.807, 2.05) is 24.3 Å². The molecule has 0 unspecified atom stereocenters. The summed E-state index contributed by atoms with van der Waals surface area (Å²) in [6.45, 7) is 1.74. The second-order valence-electron chi connectivity index (χ2n) is 6.66. The van der Waals surface area contributed by atoms with Gasteiger partial charge in [-0.05, 0) is 25.5 Å². The van der Waals surface area contributed by atoms with E-state index in [2.05, 4.69) is 30.8 Å². The lowest BCUT2D eigenvalue weighted by atomic mass is 10.1. The average molecular weight is 376 g/mol. The standard InChI is InChI=1S/C18H19F3N6/c19-18(20,21)8-11-9-23-17(24-12-4-3-7-22-10-12)25-15(11)16-13-5-1-2-6-14(13)26-27-16/h1-2,5-6,9,12,22H,3-4,7-8,10H2,(H,26,27)(H,23,24,25)/t12-/m0/s1. The number of rotatable bonds is 4. The molecule has 0 bridgehead atoms. The van der Waals surface area contributed by atoms with Crippen LogP contribution in [0.15, 0.2) is 30.5 Å². The molecule has 2 aromatic heterocycles. The lowest BCUT2D eigenvalue weighted by Crippen LogP contribution is -2.38. The molecule has 0 spiro atoms. The number of nitrogens with zero attached hydrogens (tertiary/aromatic N) is 3. The fraction of sp³-hybridized carbons (Fsp3) is 0.389. The third-order valence-electron chi connectivity index (χ3n) is 4.58. The van der Waals surface area contributed by atoms with E-state index in [-0.39, 0.29) is 17.3 Å². The van der Waals surface area contributed by atoms with Crippen LogP contribution < -0.4 is 10.6 Å². The van der Waals surface area contributed by atoms with Crippen LogP contribution in [0.5, 0.6) is 0 Å². The Morgan fingerprint density at radius 1 is 1.19 bits per heavy atom.